The number of phenols is 1. The number of aromatic hydroxyl groups is 1. The predicted octanol–water partition coefficient (Wildman–Crippen LogP) is 2.63. The van der Waals surface area contributed by atoms with Crippen molar-refractivity contribution in [2.75, 3.05) is 45.9 Å². The van der Waals surface area contributed by atoms with E-state index in [1.807, 2.05) is 42.5 Å². The fraction of sp³-hybridized carbons (Fsp3) is 0.400. The van der Waals surface area contributed by atoms with Crippen LogP contribution in [0, 0.1) is 0 Å². The van der Waals surface area contributed by atoms with Crippen molar-refractivity contribution in [2.24, 2.45) is 0 Å². The quantitative estimate of drug-likeness (QED) is 0.848. The van der Waals surface area contributed by atoms with Gasteiger partial charge in [-0.05, 0) is 36.2 Å². The van der Waals surface area contributed by atoms with E-state index in [-0.39, 0.29) is 0 Å². The highest BCUT2D eigenvalue weighted by molar-refractivity contribution is 5.26. The molecule has 0 amide bonds. The lowest BCUT2D eigenvalue weighted by molar-refractivity contribution is 0.118. The zero-order valence-corrected chi connectivity index (χ0v) is 14.1. The average molecular weight is 326 g/mol. The van der Waals surface area contributed by atoms with Crippen LogP contribution in [0.3, 0.4) is 0 Å². The molecule has 4 nitrogen and oxygen atoms in total. The summed E-state index contributed by atoms with van der Waals surface area (Å²) in [5, 5.41) is 9.32. The molecule has 0 radical (unpaired) electrons. The molecule has 24 heavy (non-hydrogen) atoms. The number of ether oxygens (including phenoxy) is 1. The molecular weight excluding hydrogens is 300 g/mol. The molecule has 1 heterocycles. The maximum atomic E-state index is 9.32. The van der Waals surface area contributed by atoms with Gasteiger partial charge in [-0.1, -0.05) is 30.3 Å². The molecule has 1 aliphatic heterocycles. The summed E-state index contributed by atoms with van der Waals surface area (Å²) in [6.45, 7) is 7.26. The number of piperazine rings is 1. The van der Waals surface area contributed by atoms with Crippen LogP contribution in [0.5, 0.6) is 11.5 Å². The Hall–Kier alpha value is -2.04. The van der Waals surface area contributed by atoms with Crippen molar-refractivity contribution in [3.05, 3.63) is 60.2 Å². The van der Waals surface area contributed by atoms with E-state index in [1.54, 1.807) is 12.1 Å². The molecule has 128 valence electrons. The Morgan fingerprint density at radius 1 is 0.792 bits per heavy atom. The van der Waals surface area contributed by atoms with Crippen molar-refractivity contribution in [3.63, 3.8) is 0 Å². The second-order valence-corrected chi connectivity index (χ2v) is 6.26. The normalized spacial score (nSPS) is 16.2. The largest absolute Gasteiger partial charge is 0.508 e. The van der Waals surface area contributed by atoms with Crippen LogP contribution >= 0.6 is 0 Å². The smallest absolute Gasteiger partial charge is 0.119 e. The standard InChI is InChI=1S/C20H26N2O2/c23-19-8-6-18(7-9-19)10-11-21-12-14-22(15-13-21)16-17-24-20-4-2-1-3-5-20/h1-9,23H,10-17H2. The minimum absolute atomic E-state index is 0.338. The molecule has 1 saturated heterocycles. The highest BCUT2D eigenvalue weighted by Gasteiger charge is 2.16. The molecule has 0 unspecified atom stereocenters. The highest BCUT2D eigenvalue weighted by atomic mass is 16.5. The van der Waals surface area contributed by atoms with Crippen molar-refractivity contribution in [1.29, 1.82) is 0 Å². The van der Waals surface area contributed by atoms with Crippen LogP contribution in [0.25, 0.3) is 0 Å². The number of para-hydroxylation sites is 1. The number of hydrogen-bond acceptors (Lipinski definition) is 4. The molecule has 0 spiro atoms. The second-order valence-electron chi connectivity index (χ2n) is 6.26. The van der Waals surface area contributed by atoms with Gasteiger partial charge in [0, 0.05) is 39.3 Å². The van der Waals surface area contributed by atoms with Crippen LogP contribution in [-0.2, 0) is 6.42 Å². The minimum Gasteiger partial charge on any atom is -0.508 e. The number of benzene rings is 2. The lowest BCUT2D eigenvalue weighted by Crippen LogP contribution is -2.47. The molecule has 0 bridgehead atoms. The van der Waals surface area contributed by atoms with E-state index in [2.05, 4.69) is 9.80 Å². The zero-order valence-electron chi connectivity index (χ0n) is 14.1. The first-order valence-electron chi connectivity index (χ1n) is 8.70. The van der Waals surface area contributed by atoms with E-state index in [0.717, 1.165) is 58.0 Å². The topological polar surface area (TPSA) is 35.9 Å². The molecule has 0 aliphatic carbocycles. The SMILES string of the molecule is Oc1ccc(CCN2CCN(CCOc3ccccc3)CC2)cc1. The second kappa shape index (κ2) is 8.71. The average Bonchev–Trinajstić information content (AvgIpc) is 2.63. The van der Waals surface area contributed by atoms with Crippen LogP contribution in [-0.4, -0.2) is 60.8 Å². The summed E-state index contributed by atoms with van der Waals surface area (Å²) in [5.41, 5.74) is 1.28. The van der Waals surface area contributed by atoms with Crippen molar-refractivity contribution in [1.82, 2.24) is 9.80 Å². The summed E-state index contributed by atoms with van der Waals surface area (Å²) >= 11 is 0. The first-order valence-corrected chi connectivity index (χ1v) is 8.70. The molecule has 0 saturated carbocycles. The van der Waals surface area contributed by atoms with E-state index in [1.165, 1.54) is 5.56 Å². The number of nitrogens with zero attached hydrogens (tertiary/aromatic N) is 2. The van der Waals surface area contributed by atoms with Gasteiger partial charge >= 0.3 is 0 Å². The summed E-state index contributed by atoms with van der Waals surface area (Å²) in [6, 6.07) is 17.6. The van der Waals surface area contributed by atoms with Gasteiger partial charge in [0.05, 0.1) is 0 Å². The molecule has 1 aliphatic rings. The molecule has 2 aromatic rings. The van der Waals surface area contributed by atoms with Crippen LogP contribution in [0.1, 0.15) is 5.56 Å². The molecular formula is C20H26N2O2. The third-order valence-corrected chi connectivity index (χ3v) is 4.54. The molecule has 0 aromatic heterocycles. The number of rotatable bonds is 7. The van der Waals surface area contributed by atoms with Crippen LogP contribution < -0.4 is 4.74 Å². The van der Waals surface area contributed by atoms with Gasteiger partial charge in [0.25, 0.3) is 0 Å². The molecule has 4 heteroatoms. The Labute approximate surface area is 144 Å². The molecule has 1 fully saturated rings. The molecule has 3 rings (SSSR count). The predicted molar refractivity (Wildman–Crippen MR) is 96.6 cm³/mol. The van der Waals surface area contributed by atoms with Crippen molar-refractivity contribution in [3.8, 4) is 11.5 Å². The maximum Gasteiger partial charge on any atom is 0.119 e. The fourth-order valence-corrected chi connectivity index (χ4v) is 3.00. The Morgan fingerprint density at radius 2 is 1.42 bits per heavy atom. The Balaban J connectivity index is 1.31. The van der Waals surface area contributed by atoms with Gasteiger partial charge in [-0.3, -0.25) is 4.90 Å². The first kappa shape index (κ1) is 16.8. The third kappa shape index (κ3) is 5.25. The number of hydrogen-bond donors (Lipinski definition) is 1. The van der Waals surface area contributed by atoms with Gasteiger partial charge in [-0.2, -0.15) is 0 Å². The summed E-state index contributed by atoms with van der Waals surface area (Å²) < 4.78 is 5.77. The Morgan fingerprint density at radius 3 is 2.08 bits per heavy atom. The van der Waals surface area contributed by atoms with Gasteiger partial charge in [0.2, 0.25) is 0 Å². The fourth-order valence-electron chi connectivity index (χ4n) is 3.00. The summed E-state index contributed by atoms with van der Waals surface area (Å²) in [4.78, 5) is 4.99. The minimum atomic E-state index is 0.338. The van der Waals surface area contributed by atoms with Crippen molar-refractivity contribution < 1.29 is 9.84 Å². The first-order chi connectivity index (χ1) is 11.8. The Bertz CT molecular complexity index is 593. The van der Waals surface area contributed by atoms with Gasteiger partial charge in [-0.15, -0.1) is 0 Å². The highest BCUT2D eigenvalue weighted by Crippen LogP contribution is 2.12. The van der Waals surface area contributed by atoms with Crippen molar-refractivity contribution >= 4 is 0 Å². The van der Waals surface area contributed by atoms with E-state index in [4.69, 9.17) is 4.74 Å². The van der Waals surface area contributed by atoms with E-state index in [0.29, 0.717) is 5.75 Å². The van der Waals surface area contributed by atoms with E-state index >= 15 is 0 Å². The maximum absolute atomic E-state index is 9.32. The summed E-state index contributed by atoms with van der Waals surface area (Å²) in [7, 11) is 0. The van der Waals surface area contributed by atoms with E-state index in [9.17, 15) is 5.11 Å². The lowest BCUT2D eigenvalue weighted by atomic mass is 10.1. The lowest BCUT2D eigenvalue weighted by Gasteiger charge is -2.34. The summed E-state index contributed by atoms with van der Waals surface area (Å²) in [5.74, 6) is 1.29. The third-order valence-electron chi connectivity index (χ3n) is 4.54. The van der Waals surface area contributed by atoms with E-state index < -0.39 is 0 Å². The summed E-state index contributed by atoms with van der Waals surface area (Å²) in [6.07, 6.45) is 1.04. The van der Waals surface area contributed by atoms with Crippen LogP contribution in [0.4, 0.5) is 0 Å². The van der Waals surface area contributed by atoms with Gasteiger partial charge in [0.15, 0.2) is 0 Å². The number of phenolic OH excluding ortho intramolecular Hbond substituents is 1. The van der Waals surface area contributed by atoms with Gasteiger partial charge in [0.1, 0.15) is 18.1 Å². The van der Waals surface area contributed by atoms with Crippen LogP contribution in [0.15, 0.2) is 54.6 Å². The van der Waals surface area contributed by atoms with Gasteiger partial charge < -0.3 is 14.7 Å². The Kier molecular flexibility index (Phi) is 6.10. The molecule has 2 aromatic carbocycles. The van der Waals surface area contributed by atoms with Crippen LogP contribution in [0.2, 0.25) is 0 Å². The zero-order chi connectivity index (χ0) is 16.6. The molecule has 0 atom stereocenters. The van der Waals surface area contributed by atoms with Gasteiger partial charge in [-0.25, -0.2) is 0 Å². The van der Waals surface area contributed by atoms with Crippen molar-refractivity contribution in [2.45, 2.75) is 6.42 Å². The molecule has 1 N–H and O–H groups in total. The monoisotopic (exact) mass is 326 g/mol.